The number of rotatable bonds is 4. The smallest absolute Gasteiger partial charge is 0.338 e. The van der Waals surface area contributed by atoms with Crippen LogP contribution in [-0.4, -0.2) is 84.3 Å². The minimum Gasteiger partial charge on any atom is -0.338 e. The third-order valence-electron chi connectivity index (χ3n) is 6.38. The molecule has 0 aromatic rings. The summed E-state index contributed by atoms with van der Waals surface area (Å²) in [4.78, 5) is 18.6. The predicted octanol–water partition coefficient (Wildman–Crippen LogP) is 2.92. The lowest BCUT2D eigenvalue weighted by molar-refractivity contribution is -0.148. The molecule has 3 heterocycles. The Labute approximate surface area is 160 Å². The van der Waals surface area contributed by atoms with Crippen molar-refractivity contribution in [3.63, 3.8) is 0 Å². The van der Waals surface area contributed by atoms with Crippen LogP contribution in [0.5, 0.6) is 0 Å². The van der Waals surface area contributed by atoms with Crippen LogP contribution in [0.25, 0.3) is 0 Å². The van der Waals surface area contributed by atoms with Crippen molar-refractivity contribution in [1.29, 1.82) is 0 Å². The van der Waals surface area contributed by atoms with E-state index in [0.717, 1.165) is 25.9 Å². The van der Waals surface area contributed by atoms with E-state index in [1.54, 1.807) is 0 Å². The van der Waals surface area contributed by atoms with E-state index in [1.165, 1.54) is 11.3 Å². The van der Waals surface area contributed by atoms with Crippen molar-refractivity contribution in [3.05, 3.63) is 0 Å². The SMILES string of the molecule is CC(C)N1C2CCC1CN(C(=O)NCC1CCN(CC(F)(F)F)CC1)CC2. The summed E-state index contributed by atoms with van der Waals surface area (Å²) in [5.74, 6) is 0.272. The predicted molar refractivity (Wildman–Crippen MR) is 98.6 cm³/mol. The van der Waals surface area contributed by atoms with Crippen molar-refractivity contribution in [3.8, 4) is 0 Å². The average molecular weight is 390 g/mol. The Kier molecular flexibility index (Phi) is 6.56. The quantitative estimate of drug-likeness (QED) is 0.802. The second-order valence-corrected chi connectivity index (χ2v) is 8.68. The number of likely N-dealkylation sites (tertiary alicyclic amines) is 2. The van der Waals surface area contributed by atoms with E-state index in [0.29, 0.717) is 50.6 Å². The van der Waals surface area contributed by atoms with E-state index in [1.807, 2.05) is 4.90 Å². The number of nitrogens with zero attached hydrogens (tertiary/aromatic N) is 3. The number of hydrogen-bond acceptors (Lipinski definition) is 3. The number of amides is 2. The van der Waals surface area contributed by atoms with Crippen molar-refractivity contribution >= 4 is 6.03 Å². The van der Waals surface area contributed by atoms with Crippen LogP contribution >= 0.6 is 0 Å². The Balaban J connectivity index is 1.41. The number of carbonyl (C=O) groups is 1. The minimum absolute atomic E-state index is 0.0102. The van der Waals surface area contributed by atoms with E-state index in [4.69, 9.17) is 0 Å². The fourth-order valence-electron chi connectivity index (χ4n) is 5.08. The Morgan fingerprint density at radius 3 is 2.33 bits per heavy atom. The van der Waals surface area contributed by atoms with Gasteiger partial charge in [0.1, 0.15) is 0 Å². The molecule has 0 aromatic carbocycles. The van der Waals surface area contributed by atoms with Crippen LogP contribution in [0.1, 0.15) is 46.0 Å². The van der Waals surface area contributed by atoms with Crippen molar-refractivity contribution in [1.82, 2.24) is 20.0 Å². The molecule has 3 rings (SSSR count). The van der Waals surface area contributed by atoms with Gasteiger partial charge in [-0.3, -0.25) is 9.80 Å². The van der Waals surface area contributed by atoms with Gasteiger partial charge in [-0.25, -0.2) is 4.79 Å². The van der Waals surface area contributed by atoms with Gasteiger partial charge in [-0.05, 0) is 65.0 Å². The highest BCUT2D eigenvalue weighted by Crippen LogP contribution is 2.32. The maximum atomic E-state index is 12.6. The van der Waals surface area contributed by atoms with Gasteiger partial charge in [0, 0.05) is 37.8 Å². The highest BCUT2D eigenvalue weighted by Gasteiger charge is 2.39. The maximum absolute atomic E-state index is 12.6. The molecule has 1 N–H and O–H groups in total. The summed E-state index contributed by atoms with van der Waals surface area (Å²) < 4.78 is 37.4. The second-order valence-electron chi connectivity index (χ2n) is 8.68. The van der Waals surface area contributed by atoms with Gasteiger partial charge in [-0.2, -0.15) is 13.2 Å². The molecule has 2 unspecified atom stereocenters. The molecule has 3 aliphatic heterocycles. The molecule has 2 bridgehead atoms. The molecule has 0 spiro atoms. The zero-order valence-electron chi connectivity index (χ0n) is 16.5. The lowest BCUT2D eigenvalue weighted by atomic mass is 9.97. The van der Waals surface area contributed by atoms with Gasteiger partial charge < -0.3 is 10.2 Å². The average Bonchev–Trinajstić information content (AvgIpc) is 2.87. The Morgan fingerprint density at radius 1 is 1.04 bits per heavy atom. The summed E-state index contributed by atoms with van der Waals surface area (Å²) in [6.45, 7) is 6.68. The minimum atomic E-state index is -4.13. The number of alkyl halides is 3. The van der Waals surface area contributed by atoms with Crippen molar-refractivity contribution in [2.45, 2.75) is 70.3 Å². The molecule has 3 fully saturated rings. The molecule has 5 nitrogen and oxygen atoms in total. The van der Waals surface area contributed by atoms with Gasteiger partial charge in [0.25, 0.3) is 0 Å². The first-order chi connectivity index (χ1) is 12.7. The number of hydrogen-bond donors (Lipinski definition) is 1. The molecule has 27 heavy (non-hydrogen) atoms. The molecular weight excluding hydrogens is 357 g/mol. The first-order valence-electron chi connectivity index (χ1n) is 10.3. The van der Waals surface area contributed by atoms with Crippen molar-refractivity contribution < 1.29 is 18.0 Å². The summed E-state index contributed by atoms with van der Waals surface area (Å²) >= 11 is 0. The Bertz CT molecular complexity index is 506. The highest BCUT2D eigenvalue weighted by atomic mass is 19.4. The number of halogens is 3. The molecule has 2 amide bonds. The van der Waals surface area contributed by atoms with Crippen LogP contribution < -0.4 is 5.32 Å². The van der Waals surface area contributed by atoms with Gasteiger partial charge in [-0.15, -0.1) is 0 Å². The number of piperidine rings is 1. The standard InChI is InChI=1S/C19H33F3N4O/c1-14(2)26-16-3-4-17(26)12-25(10-7-16)18(27)23-11-15-5-8-24(9-6-15)13-19(20,21)22/h14-17H,3-13H2,1-2H3,(H,23,27). The molecule has 156 valence electrons. The largest absolute Gasteiger partial charge is 0.401 e. The second kappa shape index (κ2) is 8.55. The number of urea groups is 1. The van der Waals surface area contributed by atoms with Gasteiger partial charge in [0.2, 0.25) is 0 Å². The summed E-state index contributed by atoms with van der Waals surface area (Å²) in [5.41, 5.74) is 0. The van der Waals surface area contributed by atoms with Gasteiger partial charge in [0.15, 0.2) is 0 Å². The maximum Gasteiger partial charge on any atom is 0.401 e. The zero-order valence-corrected chi connectivity index (χ0v) is 16.5. The number of nitrogens with one attached hydrogen (secondary N) is 1. The Hall–Kier alpha value is -1.02. The van der Waals surface area contributed by atoms with E-state index in [2.05, 4.69) is 24.1 Å². The van der Waals surface area contributed by atoms with Crippen LogP contribution in [0.4, 0.5) is 18.0 Å². The molecule has 0 aliphatic carbocycles. The lowest BCUT2D eigenvalue weighted by Crippen LogP contribution is -2.48. The van der Waals surface area contributed by atoms with E-state index < -0.39 is 12.7 Å². The van der Waals surface area contributed by atoms with Crippen LogP contribution in [0.2, 0.25) is 0 Å². The van der Waals surface area contributed by atoms with Crippen LogP contribution in [0.15, 0.2) is 0 Å². The monoisotopic (exact) mass is 390 g/mol. The first kappa shape index (κ1) is 20.7. The summed E-state index contributed by atoms with van der Waals surface area (Å²) in [6, 6.07) is 1.54. The molecule has 3 aliphatic rings. The first-order valence-corrected chi connectivity index (χ1v) is 10.3. The lowest BCUT2D eigenvalue weighted by Gasteiger charge is -2.33. The molecule has 3 saturated heterocycles. The van der Waals surface area contributed by atoms with Crippen molar-refractivity contribution in [2.24, 2.45) is 5.92 Å². The van der Waals surface area contributed by atoms with Gasteiger partial charge in [-0.1, -0.05) is 0 Å². The molecule has 8 heteroatoms. The molecule has 2 atom stereocenters. The van der Waals surface area contributed by atoms with E-state index >= 15 is 0 Å². The molecule has 0 saturated carbocycles. The molecular formula is C19H33F3N4O. The fraction of sp³-hybridized carbons (Fsp3) is 0.947. The van der Waals surface area contributed by atoms with Gasteiger partial charge in [0.05, 0.1) is 6.54 Å². The third-order valence-corrected chi connectivity index (χ3v) is 6.38. The molecule has 0 radical (unpaired) electrons. The molecule has 0 aromatic heterocycles. The van der Waals surface area contributed by atoms with Crippen LogP contribution in [-0.2, 0) is 0 Å². The normalized spacial score (nSPS) is 28.6. The van der Waals surface area contributed by atoms with Crippen LogP contribution in [0.3, 0.4) is 0 Å². The number of carbonyl (C=O) groups excluding carboxylic acids is 1. The van der Waals surface area contributed by atoms with Crippen molar-refractivity contribution in [2.75, 3.05) is 39.3 Å². The topological polar surface area (TPSA) is 38.8 Å². The third kappa shape index (κ3) is 5.50. The summed E-state index contributed by atoms with van der Waals surface area (Å²) in [5, 5.41) is 3.04. The summed E-state index contributed by atoms with van der Waals surface area (Å²) in [7, 11) is 0. The fourth-order valence-corrected chi connectivity index (χ4v) is 5.08. The summed E-state index contributed by atoms with van der Waals surface area (Å²) in [6.07, 6.45) is 0.707. The zero-order chi connectivity index (χ0) is 19.6. The van der Waals surface area contributed by atoms with Gasteiger partial charge >= 0.3 is 12.2 Å². The Morgan fingerprint density at radius 2 is 1.70 bits per heavy atom. The van der Waals surface area contributed by atoms with E-state index in [-0.39, 0.29) is 11.9 Å². The van der Waals surface area contributed by atoms with E-state index in [9.17, 15) is 18.0 Å². The van der Waals surface area contributed by atoms with Crippen LogP contribution in [0, 0.1) is 5.92 Å². The highest BCUT2D eigenvalue weighted by molar-refractivity contribution is 5.74. The number of fused-ring (bicyclic) bond motifs is 2.